The summed E-state index contributed by atoms with van der Waals surface area (Å²) in [5, 5.41) is 8.73. The Morgan fingerprint density at radius 2 is 2.10 bits per heavy atom. The van der Waals surface area contributed by atoms with E-state index in [2.05, 4.69) is 14.9 Å². The highest BCUT2D eigenvalue weighted by Crippen LogP contribution is 2.27. The average Bonchev–Trinajstić information content (AvgIpc) is 3.08. The Bertz CT molecular complexity index is 634. The van der Waals surface area contributed by atoms with Crippen molar-refractivity contribution in [3.8, 4) is 0 Å². The highest BCUT2D eigenvalue weighted by molar-refractivity contribution is 5.98. The van der Waals surface area contributed by atoms with Crippen LogP contribution in [-0.4, -0.2) is 25.3 Å². The van der Waals surface area contributed by atoms with Crippen molar-refractivity contribution in [2.24, 2.45) is 7.05 Å². The lowest BCUT2D eigenvalue weighted by molar-refractivity contribution is 0.0991. The number of ketones is 1. The largest absolute Gasteiger partial charge is 0.294 e. The van der Waals surface area contributed by atoms with Crippen LogP contribution in [0.5, 0.6) is 0 Å². The summed E-state index contributed by atoms with van der Waals surface area (Å²) in [4.78, 5) is 12.3. The molecule has 0 N–H and O–H groups in total. The summed E-state index contributed by atoms with van der Waals surface area (Å²) in [6, 6.07) is 2.49. The third kappa shape index (κ3) is 2.91. The Morgan fingerprint density at radius 3 is 2.76 bits per heavy atom. The second-order valence-electron chi connectivity index (χ2n) is 5.95. The van der Waals surface area contributed by atoms with E-state index in [9.17, 15) is 4.79 Å². The van der Waals surface area contributed by atoms with E-state index in [0.717, 1.165) is 11.4 Å². The number of hydrogen-bond donors (Lipinski definition) is 0. The van der Waals surface area contributed by atoms with Crippen LogP contribution in [0.15, 0.2) is 18.5 Å². The normalized spacial score (nSPS) is 16.3. The van der Waals surface area contributed by atoms with E-state index < -0.39 is 0 Å². The van der Waals surface area contributed by atoms with Crippen molar-refractivity contribution in [3.05, 3.63) is 35.4 Å². The number of Topliss-reactive ketones (excluding diaryl/α,β-unsaturated/α-hetero) is 1. The van der Waals surface area contributed by atoms with Gasteiger partial charge >= 0.3 is 0 Å². The molecular weight excluding hydrogens is 264 g/mol. The zero-order valence-electron chi connectivity index (χ0n) is 12.7. The molecule has 1 aliphatic rings. The number of carbonyl (C=O) groups excluding carboxylic acids is 1. The van der Waals surface area contributed by atoms with Gasteiger partial charge in [0, 0.05) is 18.9 Å². The van der Waals surface area contributed by atoms with Gasteiger partial charge in [-0.15, -0.1) is 0 Å². The second kappa shape index (κ2) is 5.84. The highest BCUT2D eigenvalue weighted by atomic mass is 16.1. The summed E-state index contributed by atoms with van der Waals surface area (Å²) < 4.78 is 3.78. The standard InChI is InChI=1S/C16H22N4O/c1-12-15(11-17-19(12)2)16(21)10-13-8-9-20(18-13)14-6-4-3-5-7-14/h8-9,11,14H,3-7,10H2,1-2H3. The first-order chi connectivity index (χ1) is 10.1. The molecule has 112 valence electrons. The Morgan fingerprint density at radius 1 is 1.33 bits per heavy atom. The third-order valence-corrected chi connectivity index (χ3v) is 4.49. The number of hydrogen-bond acceptors (Lipinski definition) is 3. The summed E-state index contributed by atoms with van der Waals surface area (Å²) >= 11 is 0. The van der Waals surface area contributed by atoms with Crippen molar-refractivity contribution in [2.45, 2.75) is 51.5 Å². The minimum Gasteiger partial charge on any atom is -0.294 e. The van der Waals surface area contributed by atoms with Gasteiger partial charge in [0.15, 0.2) is 5.78 Å². The molecule has 0 bridgehead atoms. The van der Waals surface area contributed by atoms with Gasteiger partial charge in [0.2, 0.25) is 0 Å². The quantitative estimate of drug-likeness (QED) is 0.812. The van der Waals surface area contributed by atoms with E-state index in [4.69, 9.17) is 0 Å². The predicted molar refractivity (Wildman–Crippen MR) is 80.3 cm³/mol. The molecule has 0 aromatic carbocycles. The number of aromatic nitrogens is 4. The van der Waals surface area contributed by atoms with Crippen LogP contribution in [0, 0.1) is 6.92 Å². The van der Waals surface area contributed by atoms with Gasteiger partial charge in [-0.05, 0) is 25.8 Å². The molecule has 2 heterocycles. The summed E-state index contributed by atoms with van der Waals surface area (Å²) in [5.74, 6) is 0.0921. The maximum Gasteiger partial charge on any atom is 0.172 e. The minimum atomic E-state index is 0.0921. The molecule has 0 aliphatic heterocycles. The van der Waals surface area contributed by atoms with Gasteiger partial charge in [0.25, 0.3) is 0 Å². The van der Waals surface area contributed by atoms with Crippen molar-refractivity contribution in [3.63, 3.8) is 0 Å². The molecule has 5 nitrogen and oxygen atoms in total. The van der Waals surface area contributed by atoms with Gasteiger partial charge in [-0.25, -0.2) is 0 Å². The molecule has 0 amide bonds. The SMILES string of the molecule is Cc1c(C(=O)Cc2ccn(C3CCCCC3)n2)cnn1C. The van der Waals surface area contributed by atoms with Gasteiger partial charge in [-0.1, -0.05) is 19.3 Å². The molecule has 21 heavy (non-hydrogen) atoms. The average molecular weight is 286 g/mol. The van der Waals surface area contributed by atoms with Gasteiger partial charge in [-0.3, -0.25) is 14.2 Å². The molecule has 2 aromatic rings. The Labute approximate surface area is 125 Å². The first-order valence-electron chi connectivity index (χ1n) is 7.71. The summed E-state index contributed by atoms with van der Waals surface area (Å²) in [6.45, 7) is 1.92. The molecule has 0 radical (unpaired) electrons. The van der Waals surface area contributed by atoms with Crippen LogP contribution in [0.2, 0.25) is 0 Å². The molecule has 2 aromatic heterocycles. The number of nitrogens with zero attached hydrogens (tertiary/aromatic N) is 4. The van der Waals surface area contributed by atoms with Crippen LogP contribution in [0.4, 0.5) is 0 Å². The molecule has 1 aliphatic carbocycles. The monoisotopic (exact) mass is 286 g/mol. The molecular formula is C16H22N4O. The predicted octanol–water partition coefficient (Wildman–Crippen LogP) is 2.86. The maximum absolute atomic E-state index is 12.3. The lowest BCUT2D eigenvalue weighted by Crippen LogP contribution is -2.14. The fourth-order valence-corrected chi connectivity index (χ4v) is 3.05. The first-order valence-corrected chi connectivity index (χ1v) is 7.71. The Balaban J connectivity index is 1.69. The smallest absolute Gasteiger partial charge is 0.172 e. The molecule has 5 heteroatoms. The highest BCUT2D eigenvalue weighted by Gasteiger charge is 2.18. The zero-order valence-corrected chi connectivity index (χ0v) is 12.7. The molecule has 3 rings (SSSR count). The van der Waals surface area contributed by atoms with E-state index in [0.29, 0.717) is 18.0 Å². The van der Waals surface area contributed by atoms with Crippen molar-refractivity contribution in [1.29, 1.82) is 0 Å². The molecule has 0 unspecified atom stereocenters. The van der Waals surface area contributed by atoms with Crippen LogP contribution < -0.4 is 0 Å². The second-order valence-corrected chi connectivity index (χ2v) is 5.95. The molecule has 0 spiro atoms. The number of rotatable bonds is 4. The lowest BCUT2D eigenvalue weighted by atomic mass is 9.96. The fourth-order valence-electron chi connectivity index (χ4n) is 3.05. The van der Waals surface area contributed by atoms with Crippen LogP contribution >= 0.6 is 0 Å². The Hall–Kier alpha value is -1.91. The van der Waals surface area contributed by atoms with E-state index in [1.807, 2.05) is 26.2 Å². The van der Waals surface area contributed by atoms with E-state index in [-0.39, 0.29) is 5.78 Å². The fraction of sp³-hybridized carbons (Fsp3) is 0.562. The van der Waals surface area contributed by atoms with Crippen molar-refractivity contribution in [2.75, 3.05) is 0 Å². The summed E-state index contributed by atoms with van der Waals surface area (Å²) in [7, 11) is 1.85. The van der Waals surface area contributed by atoms with E-state index in [1.54, 1.807) is 10.9 Å². The molecule has 1 fully saturated rings. The van der Waals surface area contributed by atoms with Gasteiger partial charge < -0.3 is 0 Å². The maximum atomic E-state index is 12.3. The zero-order chi connectivity index (χ0) is 14.8. The van der Waals surface area contributed by atoms with Crippen LogP contribution in [-0.2, 0) is 13.5 Å². The van der Waals surface area contributed by atoms with Gasteiger partial charge in [0.1, 0.15) is 0 Å². The minimum absolute atomic E-state index is 0.0921. The van der Waals surface area contributed by atoms with Crippen LogP contribution in [0.25, 0.3) is 0 Å². The van der Waals surface area contributed by atoms with Crippen LogP contribution in [0.1, 0.15) is 59.9 Å². The van der Waals surface area contributed by atoms with Crippen molar-refractivity contribution in [1.82, 2.24) is 19.6 Å². The Kier molecular flexibility index (Phi) is 3.90. The topological polar surface area (TPSA) is 52.7 Å². The molecule has 1 saturated carbocycles. The van der Waals surface area contributed by atoms with Crippen molar-refractivity contribution < 1.29 is 4.79 Å². The summed E-state index contributed by atoms with van der Waals surface area (Å²) in [5.41, 5.74) is 2.46. The van der Waals surface area contributed by atoms with E-state index in [1.165, 1.54) is 32.1 Å². The van der Waals surface area contributed by atoms with Gasteiger partial charge in [-0.2, -0.15) is 10.2 Å². The van der Waals surface area contributed by atoms with Gasteiger partial charge in [0.05, 0.1) is 29.9 Å². The third-order valence-electron chi connectivity index (χ3n) is 4.49. The summed E-state index contributed by atoms with van der Waals surface area (Å²) in [6.07, 6.45) is 10.3. The first kappa shape index (κ1) is 14.0. The number of aryl methyl sites for hydroxylation is 1. The molecule has 0 atom stereocenters. The van der Waals surface area contributed by atoms with Crippen molar-refractivity contribution >= 4 is 5.78 Å². The van der Waals surface area contributed by atoms with E-state index >= 15 is 0 Å². The lowest BCUT2D eigenvalue weighted by Gasteiger charge is -2.21. The molecule has 0 saturated heterocycles. The number of carbonyl (C=O) groups is 1. The van der Waals surface area contributed by atoms with Crippen LogP contribution in [0.3, 0.4) is 0 Å².